The summed E-state index contributed by atoms with van der Waals surface area (Å²) in [6.07, 6.45) is -1.23. The molecule has 0 saturated heterocycles. The average molecular weight is 379 g/mol. The summed E-state index contributed by atoms with van der Waals surface area (Å²) >= 11 is 6.16. The molecule has 26 heavy (non-hydrogen) atoms. The van der Waals surface area contributed by atoms with Crippen LogP contribution in [0, 0.1) is 11.6 Å². The van der Waals surface area contributed by atoms with Crippen molar-refractivity contribution in [2.24, 2.45) is 0 Å². The van der Waals surface area contributed by atoms with Crippen LogP contribution in [0.1, 0.15) is 17.4 Å². The summed E-state index contributed by atoms with van der Waals surface area (Å²) in [7, 11) is 0. The van der Waals surface area contributed by atoms with E-state index < -0.39 is 29.6 Å². The molecule has 0 aliphatic rings. The summed E-state index contributed by atoms with van der Waals surface area (Å²) in [5, 5.41) is 3.06. The lowest BCUT2D eigenvalue weighted by atomic mass is 10.2. The number of benzene rings is 2. The van der Waals surface area contributed by atoms with Crippen molar-refractivity contribution in [2.45, 2.75) is 13.0 Å². The SMILES string of the molecule is CC(OC(=O)c1[nH]c2ccccc2c1Cl)C(=O)Nc1ccc(F)cc1F. The van der Waals surface area contributed by atoms with Gasteiger partial charge >= 0.3 is 5.97 Å². The first kappa shape index (κ1) is 17.9. The number of esters is 1. The number of hydrogen-bond donors (Lipinski definition) is 2. The Balaban J connectivity index is 1.71. The number of para-hydroxylation sites is 1. The summed E-state index contributed by atoms with van der Waals surface area (Å²) in [4.78, 5) is 27.2. The molecule has 0 fully saturated rings. The van der Waals surface area contributed by atoms with Crippen LogP contribution in [0.4, 0.5) is 14.5 Å². The predicted octanol–water partition coefficient (Wildman–Crippen LogP) is 4.28. The van der Waals surface area contributed by atoms with E-state index in [0.29, 0.717) is 17.0 Å². The van der Waals surface area contributed by atoms with Gasteiger partial charge in [0.1, 0.15) is 17.3 Å². The number of aromatic amines is 1. The van der Waals surface area contributed by atoms with E-state index in [1.54, 1.807) is 24.3 Å². The fraction of sp³-hybridized carbons (Fsp3) is 0.111. The van der Waals surface area contributed by atoms with Gasteiger partial charge in [-0.05, 0) is 25.1 Å². The molecule has 0 aliphatic heterocycles. The topological polar surface area (TPSA) is 71.2 Å². The minimum Gasteiger partial charge on any atom is -0.448 e. The van der Waals surface area contributed by atoms with Gasteiger partial charge in [0, 0.05) is 17.0 Å². The fourth-order valence-electron chi connectivity index (χ4n) is 2.35. The number of halogens is 3. The Morgan fingerprint density at radius 1 is 1.19 bits per heavy atom. The first-order chi connectivity index (χ1) is 12.4. The first-order valence-corrected chi connectivity index (χ1v) is 7.97. The van der Waals surface area contributed by atoms with Gasteiger partial charge < -0.3 is 15.0 Å². The van der Waals surface area contributed by atoms with E-state index in [0.717, 1.165) is 12.1 Å². The van der Waals surface area contributed by atoms with Crippen LogP contribution in [0.25, 0.3) is 10.9 Å². The maximum atomic E-state index is 13.6. The van der Waals surface area contributed by atoms with Gasteiger partial charge in [-0.25, -0.2) is 13.6 Å². The second-order valence-corrected chi connectivity index (χ2v) is 5.90. The molecule has 2 N–H and O–H groups in total. The molecule has 1 atom stereocenters. The zero-order chi connectivity index (χ0) is 18.8. The van der Waals surface area contributed by atoms with Crippen LogP contribution >= 0.6 is 11.6 Å². The number of amides is 1. The minimum absolute atomic E-state index is 0.0143. The van der Waals surface area contributed by atoms with E-state index in [1.165, 1.54) is 6.92 Å². The van der Waals surface area contributed by atoms with E-state index >= 15 is 0 Å². The van der Waals surface area contributed by atoms with Crippen LogP contribution in [0.3, 0.4) is 0 Å². The molecular weight excluding hydrogens is 366 g/mol. The molecular formula is C18H13ClF2N2O3. The van der Waals surface area contributed by atoms with Gasteiger partial charge in [-0.1, -0.05) is 29.8 Å². The zero-order valence-electron chi connectivity index (χ0n) is 13.5. The molecule has 1 aromatic heterocycles. The third-order valence-electron chi connectivity index (χ3n) is 3.69. The number of carbonyl (C=O) groups excluding carboxylic acids is 2. The van der Waals surface area contributed by atoms with Crippen molar-refractivity contribution >= 4 is 40.1 Å². The van der Waals surface area contributed by atoms with E-state index in [2.05, 4.69) is 10.3 Å². The van der Waals surface area contributed by atoms with Crippen molar-refractivity contribution in [1.29, 1.82) is 0 Å². The molecule has 1 unspecified atom stereocenters. The van der Waals surface area contributed by atoms with Crippen molar-refractivity contribution < 1.29 is 23.1 Å². The number of hydrogen-bond acceptors (Lipinski definition) is 3. The van der Waals surface area contributed by atoms with Crippen molar-refractivity contribution in [3.8, 4) is 0 Å². The zero-order valence-corrected chi connectivity index (χ0v) is 14.2. The molecule has 134 valence electrons. The standard InChI is InChI=1S/C18H13ClF2N2O3/c1-9(17(24)23-14-7-6-10(20)8-12(14)21)26-18(25)16-15(19)11-4-2-3-5-13(11)22-16/h2-9,22H,1H3,(H,23,24). The lowest BCUT2D eigenvalue weighted by molar-refractivity contribution is -0.123. The Morgan fingerprint density at radius 3 is 2.62 bits per heavy atom. The summed E-state index contributed by atoms with van der Waals surface area (Å²) in [5.41, 5.74) is 0.443. The second kappa shape index (κ2) is 7.13. The number of H-pyrrole nitrogens is 1. The van der Waals surface area contributed by atoms with Gasteiger partial charge in [-0.15, -0.1) is 0 Å². The monoisotopic (exact) mass is 378 g/mol. The number of carbonyl (C=O) groups is 2. The maximum Gasteiger partial charge on any atom is 0.357 e. The van der Waals surface area contributed by atoms with E-state index in [4.69, 9.17) is 16.3 Å². The van der Waals surface area contributed by atoms with Crippen LogP contribution in [0.2, 0.25) is 5.02 Å². The predicted molar refractivity (Wildman–Crippen MR) is 93.2 cm³/mol. The molecule has 3 rings (SSSR count). The van der Waals surface area contributed by atoms with Crippen molar-refractivity contribution in [2.75, 3.05) is 5.32 Å². The van der Waals surface area contributed by atoms with Crippen LogP contribution in [-0.2, 0) is 9.53 Å². The van der Waals surface area contributed by atoms with Gasteiger partial charge in [0.05, 0.1) is 10.7 Å². The third-order valence-corrected chi connectivity index (χ3v) is 4.08. The molecule has 0 aliphatic carbocycles. The minimum atomic E-state index is -1.23. The van der Waals surface area contributed by atoms with Crippen molar-refractivity contribution in [3.63, 3.8) is 0 Å². The highest BCUT2D eigenvalue weighted by atomic mass is 35.5. The Labute approximate surface area is 151 Å². The number of ether oxygens (including phenoxy) is 1. The number of aromatic nitrogens is 1. The molecule has 0 bridgehead atoms. The fourth-order valence-corrected chi connectivity index (χ4v) is 2.64. The Hall–Kier alpha value is -2.93. The van der Waals surface area contributed by atoms with E-state index in [-0.39, 0.29) is 16.4 Å². The lowest BCUT2D eigenvalue weighted by Gasteiger charge is -2.13. The third kappa shape index (κ3) is 3.52. The smallest absolute Gasteiger partial charge is 0.357 e. The van der Waals surface area contributed by atoms with Gasteiger partial charge in [0.15, 0.2) is 6.10 Å². The Bertz CT molecular complexity index is 1000. The number of fused-ring (bicyclic) bond motifs is 1. The van der Waals surface area contributed by atoms with Gasteiger partial charge in [0.25, 0.3) is 5.91 Å². The summed E-state index contributed by atoms with van der Waals surface area (Å²) in [6, 6.07) is 9.73. The van der Waals surface area contributed by atoms with Crippen LogP contribution < -0.4 is 5.32 Å². The van der Waals surface area contributed by atoms with Crippen molar-refractivity contribution in [3.05, 3.63) is 64.8 Å². The molecule has 1 heterocycles. The molecule has 0 saturated carbocycles. The summed E-state index contributed by atoms with van der Waals surface area (Å²) in [6.45, 7) is 1.32. The lowest BCUT2D eigenvalue weighted by Crippen LogP contribution is -2.30. The quantitative estimate of drug-likeness (QED) is 0.665. The van der Waals surface area contributed by atoms with Gasteiger partial charge in [0.2, 0.25) is 0 Å². The molecule has 0 spiro atoms. The maximum absolute atomic E-state index is 13.6. The normalized spacial score (nSPS) is 12.0. The highest BCUT2D eigenvalue weighted by Crippen LogP contribution is 2.28. The van der Waals surface area contributed by atoms with E-state index in [1.807, 2.05) is 0 Å². The van der Waals surface area contributed by atoms with Crippen LogP contribution in [-0.4, -0.2) is 23.0 Å². The molecule has 0 radical (unpaired) electrons. The molecule has 3 aromatic rings. The first-order valence-electron chi connectivity index (χ1n) is 7.60. The molecule has 8 heteroatoms. The Kier molecular flexibility index (Phi) is 4.90. The summed E-state index contributed by atoms with van der Waals surface area (Å²) < 4.78 is 31.6. The second-order valence-electron chi connectivity index (χ2n) is 5.52. The van der Waals surface area contributed by atoms with E-state index in [9.17, 15) is 18.4 Å². The van der Waals surface area contributed by atoms with Gasteiger partial charge in [-0.3, -0.25) is 4.79 Å². The van der Waals surface area contributed by atoms with Gasteiger partial charge in [-0.2, -0.15) is 0 Å². The number of anilines is 1. The average Bonchev–Trinajstić information content (AvgIpc) is 2.94. The molecule has 5 nitrogen and oxygen atoms in total. The molecule has 2 aromatic carbocycles. The Morgan fingerprint density at radius 2 is 1.92 bits per heavy atom. The highest BCUT2D eigenvalue weighted by molar-refractivity contribution is 6.38. The van der Waals surface area contributed by atoms with Crippen molar-refractivity contribution in [1.82, 2.24) is 4.98 Å². The molecule has 1 amide bonds. The summed E-state index contributed by atoms with van der Waals surface area (Å²) in [5.74, 6) is -3.30. The van der Waals surface area contributed by atoms with Crippen LogP contribution in [0.15, 0.2) is 42.5 Å². The number of rotatable bonds is 4. The number of nitrogens with one attached hydrogen (secondary N) is 2. The largest absolute Gasteiger partial charge is 0.448 e. The highest BCUT2D eigenvalue weighted by Gasteiger charge is 2.23. The van der Waals surface area contributed by atoms with Crippen LogP contribution in [0.5, 0.6) is 0 Å².